The van der Waals surface area contributed by atoms with E-state index in [0.29, 0.717) is 30.8 Å². The van der Waals surface area contributed by atoms with E-state index in [0.717, 1.165) is 11.3 Å². The van der Waals surface area contributed by atoms with Crippen molar-refractivity contribution < 1.29 is 9.47 Å². The summed E-state index contributed by atoms with van der Waals surface area (Å²) in [6.45, 7) is 1.64. The molecule has 2 aromatic rings. The van der Waals surface area contributed by atoms with Crippen molar-refractivity contribution >= 4 is 11.6 Å². The fourth-order valence-corrected chi connectivity index (χ4v) is 2.16. The fraction of sp³-hybridized carbons (Fsp3) is 0.286. The molecule has 3 rings (SSSR count). The van der Waals surface area contributed by atoms with Crippen LogP contribution < -0.4 is 0 Å². The molecule has 0 amide bonds. The third-order valence-electron chi connectivity index (χ3n) is 2.89. The number of nitrogens with zero attached hydrogens (tertiary/aromatic N) is 2. The van der Waals surface area contributed by atoms with E-state index in [2.05, 4.69) is 9.97 Å². The summed E-state index contributed by atoms with van der Waals surface area (Å²) in [6.07, 6.45) is -0.241. The molecule has 0 spiro atoms. The highest BCUT2D eigenvalue weighted by atomic mass is 35.5. The quantitative estimate of drug-likeness (QED) is 0.791. The Morgan fingerprint density at radius 2 is 1.95 bits per heavy atom. The molecule has 0 aliphatic carbocycles. The van der Waals surface area contributed by atoms with Crippen LogP contribution in [0.15, 0.2) is 36.4 Å². The van der Waals surface area contributed by atoms with Crippen molar-refractivity contribution in [2.75, 3.05) is 19.8 Å². The Labute approximate surface area is 116 Å². The number of rotatable bonds is 2. The van der Waals surface area contributed by atoms with Gasteiger partial charge in [0.15, 0.2) is 5.82 Å². The highest BCUT2D eigenvalue weighted by Crippen LogP contribution is 2.24. The van der Waals surface area contributed by atoms with Gasteiger partial charge in [0.2, 0.25) is 0 Å². The average Bonchev–Trinajstić information content (AvgIpc) is 2.48. The summed E-state index contributed by atoms with van der Waals surface area (Å²) in [7, 11) is 0. The summed E-state index contributed by atoms with van der Waals surface area (Å²) in [4.78, 5) is 8.76. The van der Waals surface area contributed by atoms with E-state index >= 15 is 0 Å². The number of aromatic nitrogens is 2. The van der Waals surface area contributed by atoms with Crippen molar-refractivity contribution in [1.29, 1.82) is 0 Å². The molecule has 1 atom stereocenters. The zero-order valence-electron chi connectivity index (χ0n) is 10.3. The maximum absolute atomic E-state index is 6.07. The first-order chi connectivity index (χ1) is 9.33. The molecule has 5 heteroatoms. The lowest BCUT2D eigenvalue weighted by Gasteiger charge is -2.22. The topological polar surface area (TPSA) is 44.2 Å². The zero-order chi connectivity index (χ0) is 13.1. The molecular formula is C14H13ClN2O2. The van der Waals surface area contributed by atoms with Gasteiger partial charge in [-0.15, -0.1) is 0 Å². The van der Waals surface area contributed by atoms with Gasteiger partial charge in [0.1, 0.15) is 11.3 Å². The van der Waals surface area contributed by atoms with Crippen LogP contribution in [0.1, 0.15) is 11.9 Å². The second-order valence-electron chi connectivity index (χ2n) is 4.23. The largest absolute Gasteiger partial charge is 0.376 e. The van der Waals surface area contributed by atoms with E-state index in [9.17, 15) is 0 Å². The summed E-state index contributed by atoms with van der Waals surface area (Å²) in [5.74, 6) is 0.575. The van der Waals surface area contributed by atoms with E-state index in [1.54, 1.807) is 6.07 Å². The van der Waals surface area contributed by atoms with Gasteiger partial charge in [-0.1, -0.05) is 41.9 Å². The molecule has 0 radical (unpaired) electrons. The van der Waals surface area contributed by atoms with E-state index in [1.165, 1.54) is 0 Å². The number of halogens is 1. The third kappa shape index (κ3) is 2.92. The van der Waals surface area contributed by atoms with Crippen molar-refractivity contribution in [3.05, 3.63) is 47.4 Å². The van der Waals surface area contributed by atoms with E-state index in [1.807, 2.05) is 30.3 Å². The maximum atomic E-state index is 6.07. The average molecular weight is 277 g/mol. The van der Waals surface area contributed by atoms with Crippen LogP contribution in [0.2, 0.25) is 5.15 Å². The highest BCUT2D eigenvalue weighted by Gasteiger charge is 2.20. The predicted molar refractivity (Wildman–Crippen MR) is 72.0 cm³/mol. The molecule has 1 aliphatic heterocycles. The highest BCUT2D eigenvalue weighted by molar-refractivity contribution is 6.29. The van der Waals surface area contributed by atoms with Crippen LogP contribution in [0.25, 0.3) is 11.3 Å². The first-order valence-electron chi connectivity index (χ1n) is 6.12. The van der Waals surface area contributed by atoms with Gasteiger partial charge in [0, 0.05) is 11.6 Å². The standard InChI is InChI=1S/C14H13ClN2O2/c15-13-8-11(10-4-2-1-3-5-10)16-14(17-13)12-9-18-6-7-19-12/h1-5,8,12H,6-7,9H2. The number of hydrogen-bond acceptors (Lipinski definition) is 4. The van der Waals surface area contributed by atoms with E-state index in [4.69, 9.17) is 21.1 Å². The van der Waals surface area contributed by atoms with Crippen molar-refractivity contribution in [3.8, 4) is 11.3 Å². The van der Waals surface area contributed by atoms with Crippen LogP contribution in [0.4, 0.5) is 0 Å². The molecule has 1 aromatic carbocycles. The summed E-state index contributed by atoms with van der Waals surface area (Å²) in [5.41, 5.74) is 1.80. The third-order valence-corrected chi connectivity index (χ3v) is 3.08. The molecule has 0 bridgehead atoms. The van der Waals surface area contributed by atoms with Crippen LogP contribution in [0.3, 0.4) is 0 Å². The number of hydrogen-bond donors (Lipinski definition) is 0. The van der Waals surface area contributed by atoms with Crippen LogP contribution in [-0.4, -0.2) is 29.8 Å². The van der Waals surface area contributed by atoms with Crippen LogP contribution in [0.5, 0.6) is 0 Å². The summed E-state index contributed by atoms with van der Waals surface area (Å²) < 4.78 is 11.0. The molecule has 1 fully saturated rings. The van der Waals surface area contributed by atoms with Gasteiger partial charge in [0.25, 0.3) is 0 Å². The fourth-order valence-electron chi connectivity index (χ4n) is 1.97. The Hall–Kier alpha value is -1.49. The molecule has 1 aromatic heterocycles. The van der Waals surface area contributed by atoms with Gasteiger partial charge in [-0.05, 0) is 0 Å². The van der Waals surface area contributed by atoms with E-state index in [-0.39, 0.29) is 6.10 Å². The molecule has 2 heterocycles. The first kappa shape index (κ1) is 12.5. The molecule has 0 saturated carbocycles. The predicted octanol–water partition coefficient (Wildman–Crippen LogP) is 2.88. The smallest absolute Gasteiger partial charge is 0.161 e. The van der Waals surface area contributed by atoms with Gasteiger partial charge >= 0.3 is 0 Å². The SMILES string of the molecule is Clc1cc(-c2ccccc2)nc(C2COCCO2)n1. The Morgan fingerprint density at radius 3 is 2.68 bits per heavy atom. The monoisotopic (exact) mass is 276 g/mol. The second-order valence-corrected chi connectivity index (χ2v) is 4.62. The molecular weight excluding hydrogens is 264 g/mol. The Morgan fingerprint density at radius 1 is 1.11 bits per heavy atom. The van der Waals surface area contributed by atoms with Gasteiger partial charge in [-0.3, -0.25) is 0 Å². The number of benzene rings is 1. The zero-order valence-corrected chi connectivity index (χ0v) is 11.0. The normalized spacial score (nSPS) is 19.3. The van der Waals surface area contributed by atoms with Crippen LogP contribution >= 0.6 is 11.6 Å². The van der Waals surface area contributed by atoms with Gasteiger partial charge in [0.05, 0.1) is 25.5 Å². The van der Waals surface area contributed by atoms with Crippen molar-refractivity contribution in [1.82, 2.24) is 9.97 Å². The minimum atomic E-state index is -0.241. The first-order valence-corrected chi connectivity index (χ1v) is 6.50. The van der Waals surface area contributed by atoms with Gasteiger partial charge < -0.3 is 9.47 Å². The molecule has 1 unspecified atom stereocenters. The minimum Gasteiger partial charge on any atom is -0.376 e. The van der Waals surface area contributed by atoms with Crippen molar-refractivity contribution in [2.24, 2.45) is 0 Å². The summed E-state index contributed by atoms with van der Waals surface area (Å²) >= 11 is 6.07. The molecule has 0 N–H and O–H groups in total. The van der Waals surface area contributed by atoms with Crippen LogP contribution in [0, 0.1) is 0 Å². The van der Waals surface area contributed by atoms with Gasteiger partial charge in [-0.2, -0.15) is 0 Å². The molecule has 4 nitrogen and oxygen atoms in total. The summed E-state index contributed by atoms with van der Waals surface area (Å²) in [5, 5.41) is 0.415. The lowest BCUT2D eigenvalue weighted by molar-refractivity contribution is -0.0934. The minimum absolute atomic E-state index is 0.241. The van der Waals surface area contributed by atoms with Crippen LogP contribution in [-0.2, 0) is 9.47 Å². The van der Waals surface area contributed by atoms with Crippen molar-refractivity contribution in [2.45, 2.75) is 6.10 Å². The van der Waals surface area contributed by atoms with Gasteiger partial charge in [-0.25, -0.2) is 9.97 Å². The Bertz CT molecular complexity index is 557. The number of ether oxygens (including phenoxy) is 2. The Balaban J connectivity index is 1.96. The second kappa shape index (κ2) is 5.65. The molecule has 1 saturated heterocycles. The summed E-state index contributed by atoms with van der Waals surface area (Å²) in [6, 6.07) is 11.6. The molecule has 1 aliphatic rings. The van der Waals surface area contributed by atoms with E-state index < -0.39 is 0 Å². The van der Waals surface area contributed by atoms with Crippen molar-refractivity contribution in [3.63, 3.8) is 0 Å². The molecule has 19 heavy (non-hydrogen) atoms. The lowest BCUT2D eigenvalue weighted by Crippen LogP contribution is -2.23. The Kier molecular flexibility index (Phi) is 3.73. The molecule has 98 valence electrons. The maximum Gasteiger partial charge on any atom is 0.161 e. The lowest BCUT2D eigenvalue weighted by atomic mass is 10.1.